The maximum absolute atomic E-state index is 14.0. The third-order valence-corrected chi connectivity index (χ3v) is 8.46. The average molecular weight is 906 g/mol. The number of alkyl halides is 1. The minimum atomic E-state index is -1.15. The molecule has 0 aromatic heterocycles. The van der Waals surface area contributed by atoms with Crippen LogP contribution >= 0.6 is 23.2 Å². The number of benzene rings is 5. The zero-order chi connectivity index (χ0) is 47.4. The molecule has 0 saturated heterocycles. The number of nitrogens with one attached hydrogen (secondary N) is 2. The number of anilines is 1. The van der Waals surface area contributed by atoms with E-state index in [-0.39, 0.29) is 24.3 Å². The first kappa shape index (κ1) is 55.9. The highest BCUT2D eigenvalue weighted by atomic mass is 35.5. The monoisotopic (exact) mass is 904 g/mol. The first-order valence-electron chi connectivity index (χ1n) is 18.8. The van der Waals surface area contributed by atoms with Crippen molar-refractivity contribution in [1.82, 2.24) is 10.6 Å². The van der Waals surface area contributed by atoms with Crippen molar-refractivity contribution < 1.29 is 46.2 Å². The quantitative estimate of drug-likeness (QED) is 0.0686. The van der Waals surface area contributed by atoms with Gasteiger partial charge in [-0.05, 0) is 108 Å². The summed E-state index contributed by atoms with van der Waals surface area (Å²) in [5.74, 6) is -2.52. The molecule has 4 N–H and O–H groups in total. The second kappa shape index (κ2) is 30.8. The lowest BCUT2D eigenvalue weighted by molar-refractivity contribution is -0.120. The average Bonchev–Trinajstić information content (AvgIpc) is 3.26. The van der Waals surface area contributed by atoms with Crippen molar-refractivity contribution in [2.45, 2.75) is 46.1 Å². The lowest BCUT2D eigenvalue weighted by atomic mass is 9.89. The van der Waals surface area contributed by atoms with Gasteiger partial charge in [0.25, 0.3) is 5.91 Å². The summed E-state index contributed by atoms with van der Waals surface area (Å²) in [5, 5.41) is 5.51. The molecule has 0 aliphatic heterocycles. The molecule has 0 aliphatic rings. The van der Waals surface area contributed by atoms with Crippen molar-refractivity contribution in [3.63, 3.8) is 0 Å². The maximum Gasteiger partial charge on any atom is 0.252 e. The van der Waals surface area contributed by atoms with Gasteiger partial charge in [-0.1, -0.05) is 44.5 Å². The maximum atomic E-state index is 14.0. The summed E-state index contributed by atoms with van der Waals surface area (Å²) in [7, 11) is 6.25. The molecule has 0 saturated carbocycles. The molecule has 0 radical (unpaired) electrons. The number of carbonyl (C=O) groups excluding carboxylic acids is 4. The Morgan fingerprint density at radius 3 is 1.63 bits per heavy atom. The van der Waals surface area contributed by atoms with Crippen molar-refractivity contribution in [3.05, 3.63) is 159 Å². The number of primary amides is 1. The molecule has 5 aromatic carbocycles. The van der Waals surface area contributed by atoms with E-state index in [1.54, 1.807) is 70.6 Å². The number of hydrogen-bond donors (Lipinski definition) is 3. The highest BCUT2D eigenvalue weighted by molar-refractivity contribution is 6.30. The second-order valence-corrected chi connectivity index (χ2v) is 12.8. The van der Waals surface area contributed by atoms with Gasteiger partial charge in [-0.25, -0.2) is 17.6 Å². The fourth-order valence-corrected chi connectivity index (χ4v) is 5.61. The number of likely N-dealkylation sites (N-methyl/N-ethyl adjacent to an activating group) is 1. The number of hydrogen-bond acceptors (Lipinski definition) is 6. The lowest BCUT2D eigenvalue weighted by Crippen LogP contribution is -2.49. The standard InChI is InChI=1S/C33H31ClF2N2O4.C7H6F2.C2H5NO.C2H6.CH3Cl.CH3NO/c1-20(22-5-10-27(41-3)11-6-22)30-18-23(34)7-14-29(30)32(39)37-31(17-21-15-24(35)19-25(36)16-21)33(40)38(2)26-8-12-28(42-4)13-9-26;1-5-2-6(8)4-7(9)3-5;1-3-2-4;2*1-2;2-1-3/h5-16,18-20,31H,17H2,1-4H3,(H,37,39);2-4H,1H3;2H,1H3,(H,3,4);1-2H3;1H3;1H,(H2,2,3)/t20-,31?;;;;;/m0...../s1. The summed E-state index contributed by atoms with van der Waals surface area (Å²) in [6.07, 6.45) is 2.21. The van der Waals surface area contributed by atoms with E-state index in [0.717, 1.165) is 29.8 Å². The van der Waals surface area contributed by atoms with E-state index in [1.807, 2.05) is 45.0 Å². The van der Waals surface area contributed by atoms with E-state index in [1.165, 1.54) is 30.5 Å². The van der Waals surface area contributed by atoms with Crippen molar-refractivity contribution in [2.24, 2.45) is 5.73 Å². The second-order valence-electron chi connectivity index (χ2n) is 12.3. The Bertz CT molecular complexity index is 2040. The molecule has 5 aromatic rings. The number of nitrogens with zero attached hydrogens (tertiary/aromatic N) is 1. The Balaban J connectivity index is 0.00000155. The number of nitrogens with two attached hydrogens (primary N) is 1. The van der Waals surface area contributed by atoms with Crippen LogP contribution < -0.4 is 30.7 Å². The third kappa shape index (κ3) is 19.5. The summed E-state index contributed by atoms with van der Waals surface area (Å²) in [5.41, 5.74) is 7.43. The van der Waals surface area contributed by atoms with Crippen LogP contribution in [0.5, 0.6) is 11.5 Å². The van der Waals surface area contributed by atoms with Crippen LogP contribution in [0.1, 0.15) is 59.3 Å². The highest BCUT2D eigenvalue weighted by Crippen LogP contribution is 2.31. The molecule has 0 fully saturated rings. The number of amides is 4. The molecule has 0 bridgehead atoms. The Morgan fingerprint density at radius 2 is 1.21 bits per heavy atom. The molecule has 10 nitrogen and oxygen atoms in total. The fraction of sp³-hybridized carbons (Fsp3) is 0.261. The molecule has 2 atom stereocenters. The highest BCUT2D eigenvalue weighted by Gasteiger charge is 2.28. The molecular formula is C46H54Cl2F4N4O6. The van der Waals surface area contributed by atoms with Gasteiger partial charge in [0.2, 0.25) is 18.7 Å². The molecule has 4 amide bonds. The molecule has 16 heteroatoms. The van der Waals surface area contributed by atoms with Crippen LogP contribution in [-0.2, 0) is 20.8 Å². The van der Waals surface area contributed by atoms with Gasteiger partial charge in [0.05, 0.1) is 14.2 Å². The van der Waals surface area contributed by atoms with Crippen LogP contribution in [0.3, 0.4) is 0 Å². The predicted molar refractivity (Wildman–Crippen MR) is 239 cm³/mol. The summed E-state index contributed by atoms with van der Waals surface area (Å²) in [6.45, 7) is 7.59. The molecule has 5 rings (SSSR count). The number of halogens is 6. The number of methoxy groups -OCH3 is 2. The van der Waals surface area contributed by atoms with Gasteiger partial charge in [0.15, 0.2) is 0 Å². The van der Waals surface area contributed by atoms with Gasteiger partial charge in [0.1, 0.15) is 40.8 Å². The zero-order valence-corrected chi connectivity index (χ0v) is 37.6. The summed E-state index contributed by atoms with van der Waals surface area (Å²) >= 11 is 11.0. The van der Waals surface area contributed by atoms with E-state index in [9.17, 15) is 27.2 Å². The van der Waals surface area contributed by atoms with Crippen molar-refractivity contribution in [2.75, 3.05) is 39.6 Å². The van der Waals surface area contributed by atoms with Gasteiger partial charge in [-0.2, -0.15) is 0 Å². The normalized spacial score (nSPS) is 10.4. The molecule has 1 unspecified atom stereocenters. The van der Waals surface area contributed by atoms with Crippen LogP contribution in [0.25, 0.3) is 0 Å². The first-order chi connectivity index (χ1) is 29.6. The Kier molecular flexibility index (Phi) is 27.8. The lowest BCUT2D eigenvalue weighted by Gasteiger charge is -2.26. The molecule has 336 valence electrons. The minimum absolute atomic E-state index is 0.142. The summed E-state index contributed by atoms with van der Waals surface area (Å²) < 4.78 is 62.9. The van der Waals surface area contributed by atoms with Crippen LogP contribution in [0.2, 0.25) is 5.02 Å². The molecule has 0 spiro atoms. The van der Waals surface area contributed by atoms with Crippen LogP contribution in [0.15, 0.2) is 103 Å². The SMILES string of the molecule is CC.CCl.CNC=O.COc1ccc([C@H](C)c2cc(Cl)ccc2C(=O)NC(Cc2cc(F)cc(F)c2)C(=O)N(C)c2ccc(OC)cc2)cc1.Cc1cc(F)cc(F)c1.NC=O. The van der Waals surface area contributed by atoms with E-state index >= 15 is 0 Å². The van der Waals surface area contributed by atoms with Gasteiger partial charge >= 0.3 is 0 Å². The van der Waals surface area contributed by atoms with E-state index in [0.29, 0.717) is 45.3 Å². The molecule has 62 heavy (non-hydrogen) atoms. The smallest absolute Gasteiger partial charge is 0.252 e. The number of ether oxygens (including phenoxy) is 2. The third-order valence-electron chi connectivity index (χ3n) is 8.22. The summed E-state index contributed by atoms with van der Waals surface area (Å²) in [4.78, 5) is 46.6. The van der Waals surface area contributed by atoms with Crippen molar-refractivity contribution >= 4 is 53.5 Å². The first-order valence-corrected chi connectivity index (χ1v) is 19.9. The Morgan fingerprint density at radius 1 is 0.774 bits per heavy atom. The van der Waals surface area contributed by atoms with Crippen LogP contribution in [-0.4, -0.2) is 65.4 Å². The van der Waals surface area contributed by atoms with Gasteiger partial charge in [-0.3, -0.25) is 19.2 Å². The van der Waals surface area contributed by atoms with Crippen molar-refractivity contribution in [3.8, 4) is 11.5 Å². The largest absolute Gasteiger partial charge is 0.497 e. The van der Waals surface area contributed by atoms with Gasteiger partial charge in [0, 0.05) is 61.2 Å². The van der Waals surface area contributed by atoms with Gasteiger partial charge < -0.3 is 30.7 Å². The van der Waals surface area contributed by atoms with Crippen molar-refractivity contribution in [1.29, 1.82) is 0 Å². The Labute approximate surface area is 371 Å². The van der Waals surface area contributed by atoms with Crippen LogP contribution in [0.4, 0.5) is 23.2 Å². The number of rotatable bonds is 11. The number of aryl methyl sites for hydroxylation is 1. The van der Waals surface area contributed by atoms with Crippen LogP contribution in [0, 0.1) is 30.2 Å². The number of carbonyl (C=O) groups is 4. The van der Waals surface area contributed by atoms with E-state index in [2.05, 4.69) is 28.0 Å². The van der Waals surface area contributed by atoms with E-state index < -0.39 is 41.1 Å². The molecule has 0 heterocycles. The zero-order valence-electron chi connectivity index (χ0n) is 36.1. The van der Waals surface area contributed by atoms with E-state index in [4.69, 9.17) is 30.7 Å². The minimum Gasteiger partial charge on any atom is -0.497 e. The topological polar surface area (TPSA) is 140 Å². The Hall–Kier alpha value is -6.12. The molecular weight excluding hydrogens is 851 g/mol. The van der Waals surface area contributed by atoms with Gasteiger partial charge in [-0.15, -0.1) is 11.6 Å². The fourth-order valence-electron chi connectivity index (χ4n) is 5.43. The predicted octanol–water partition coefficient (Wildman–Crippen LogP) is 9.41. The molecule has 0 aliphatic carbocycles. The summed E-state index contributed by atoms with van der Waals surface area (Å²) in [6, 6.07) is 24.5.